The second kappa shape index (κ2) is 3.57. The number of aryl methyl sites for hydroxylation is 1. The van der Waals surface area contributed by atoms with E-state index in [4.69, 9.17) is 0 Å². The van der Waals surface area contributed by atoms with Gasteiger partial charge in [-0.1, -0.05) is 0 Å². The summed E-state index contributed by atoms with van der Waals surface area (Å²) in [4.78, 5) is 22.7. The van der Waals surface area contributed by atoms with Gasteiger partial charge in [0.15, 0.2) is 0 Å². The number of aromatic nitrogens is 2. The molecule has 0 aliphatic heterocycles. The molecular weight excluding hydrogens is 170 g/mol. The van der Waals surface area contributed by atoms with E-state index >= 15 is 0 Å². The molecule has 0 saturated heterocycles. The van der Waals surface area contributed by atoms with E-state index in [1.807, 2.05) is 0 Å². The summed E-state index contributed by atoms with van der Waals surface area (Å²) in [5.74, 6) is 0. The summed E-state index contributed by atoms with van der Waals surface area (Å²) < 4.78 is 2.50. The van der Waals surface area contributed by atoms with Gasteiger partial charge in [0, 0.05) is 32.4 Å². The fourth-order valence-corrected chi connectivity index (χ4v) is 1.19. The summed E-state index contributed by atoms with van der Waals surface area (Å²) in [6.45, 7) is 0.473. The lowest BCUT2D eigenvalue weighted by molar-refractivity contribution is 0.655. The Balaban J connectivity index is 3.42. The van der Waals surface area contributed by atoms with Crippen molar-refractivity contribution in [3.63, 3.8) is 0 Å². The molecular formula is C8H13N3O2. The third kappa shape index (κ3) is 1.70. The van der Waals surface area contributed by atoms with Crippen LogP contribution < -0.4 is 16.6 Å². The van der Waals surface area contributed by atoms with Gasteiger partial charge in [-0.2, -0.15) is 0 Å². The van der Waals surface area contributed by atoms with Gasteiger partial charge in [-0.3, -0.25) is 9.36 Å². The predicted octanol–water partition coefficient (Wildman–Crippen LogP) is -1.20. The molecule has 5 heteroatoms. The van der Waals surface area contributed by atoms with Crippen LogP contribution >= 0.6 is 0 Å². The third-order valence-corrected chi connectivity index (χ3v) is 1.88. The summed E-state index contributed by atoms with van der Waals surface area (Å²) in [5.41, 5.74) is 0.0504. The molecule has 0 amide bonds. The van der Waals surface area contributed by atoms with E-state index in [0.29, 0.717) is 12.1 Å². The lowest BCUT2D eigenvalue weighted by atomic mass is 10.3. The van der Waals surface area contributed by atoms with Gasteiger partial charge < -0.3 is 9.88 Å². The van der Waals surface area contributed by atoms with Crippen LogP contribution in [0.5, 0.6) is 0 Å². The molecule has 72 valence electrons. The third-order valence-electron chi connectivity index (χ3n) is 1.88. The fourth-order valence-electron chi connectivity index (χ4n) is 1.19. The average molecular weight is 183 g/mol. The maximum atomic E-state index is 11.4. The molecule has 13 heavy (non-hydrogen) atoms. The Morgan fingerprint density at radius 1 is 1.38 bits per heavy atom. The second-order valence-electron chi connectivity index (χ2n) is 2.94. The number of nitrogens with one attached hydrogen (secondary N) is 1. The van der Waals surface area contributed by atoms with Gasteiger partial charge >= 0.3 is 5.69 Å². The number of hydrogen-bond acceptors (Lipinski definition) is 3. The van der Waals surface area contributed by atoms with Crippen LogP contribution in [-0.4, -0.2) is 16.2 Å². The molecule has 1 heterocycles. The highest BCUT2D eigenvalue weighted by Crippen LogP contribution is 1.85. The number of hydrogen-bond donors (Lipinski definition) is 1. The van der Waals surface area contributed by atoms with Crippen LogP contribution in [0.15, 0.2) is 15.8 Å². The zero-order valence-electron chi connectivity index (χ0n) is 8.00. The monoisotopic (exact) mass is 183 g/mol. The quantitative estimate of drug-likeness (QED) is 0.627. The maximum absolute atomic E-state index is 11.4. The molecule has 1 aromatic heterocycles. The standard InChI is InChI=1S/C8H13N3O2/c1-9-4-6-5-10(2)8(13)11(3)7(6)12/h5,9H,4H2,1-3H3. The molecule has 0 unspecified atom stereocenters. The Bertz CT molecular complexity index is 416. The molecule has 0 aromatic carbocycles. The first-order valence-electron chi connectivity index (χ1n) is 3.98. The number of nitrogens with zero attached hydrogens (tertiary/aromatic N) is 2. The van der Waals surface area contributed by atoms with E-state index in [1.165, 1.54) is 11.6 Å². The Hall–Kier alpha value is -1.36. The van der Waals surface area contributed by atoms with Gasteiger partial charge in [0.25, 0.3) is 5.56 Å². The van der Waals surface area contributed by atoms with Crippen LogP contribution in [0.1, 0.15) is 5.56 Å². The Kier molecular flexibility index (Phi) is 2.67. The first-order chi connectivity index (χ1) is 6.07. The molecule has 5 nitrogen and oxygen atoms in total. The van der Waals surface area contributed by atoms with Gasteiger partial charge in [-0.05, 0) is 7.05 Å². The van der Waals surface area contributed by atoms with Crippen molar-refractivity contribution in [1.82, 2.24) is 14.5 Å². The Morgan fingerprint density at radius 3 is 2.54 bits per heavy atom. The van der Waals surface area contributed by atoms with Crippen molar-refractivity contribution in [2.45, 2.75) is 6.54 Å². The van der Waals surface area contributed by atoms with Gasteiger partial charge in [0.05, 0.1) is 0 Å². The molecule has 0 saturated carbocycles. The second-order valence-corrected chi connectivity index (χ2v) is 2.94. The summed E-state index contributed by atoms with van der Waals surface area (Å²) in [7, 11) is 4.86. The van der Waals surface area contributed by atoms with Crippen LogP contribution in [0.2, 0.25) is 0 Å². The predicted molar refractivity (Wildman–Crippen MR) is 49.7 cm³/mol. The largest absolute Gasteiger partial charge is 0.330 e. The summed E-state index contributed by atoms with van der Waals surface area (Å²) >= 11 is 0. The van der Waals surface area contributed by atoms with E-state index in [0.717, 1.165) is 4.57 Å². The molecule has 1 N–H and O–H groups in total. The highest BCUT2D eigenvalue weighted by Gasteiger charge is 2.04. The van der Waals surface area contributed by atoms with E-state index in [-0.39, 0.29) is 11.2 Å². The van der Waals surface area contributed by atoms with Gasteiger partial charge in [0.1, 0.15) is 0 Å². The van der Waals surface area contributed by atoms with Gasteiger partial charge in [0.2, 0.25) is 0 Å². The molecule has 1 rings (SSSR count). The first-order valence-corrected chi connectivity index (χ1v) is 3.98. The van der Waals surface area contributed by atoms with Crippen molar-refractivity contribution in [3.05, 3.63) is 32.6 Å². The van der Waals surface area contributed by atoms with E-state index in [1.54, 1.807) is 20.3 Å². The van der Waals surface area contributed by atoms with Crippen LogP contribution in [0.25, 0.3) is 0 Å². The smallest absolute Gasteiger partial charge is 0.315 e. The van der Waals surface area contributed by atoms with Crippen molar-refractivity contribution in [1.29, 1.82) is 0 Å². The molecule has 0 radical (unpaired) electrons. The molecule has 0 spiro atoms. The lowest BCUT2D eigenvalue weighted by Crippen LogP contribution is -2.39. The maximum Gasteiger partial charge on any atom is 0.330 e. The minimum absolute atomic E-state index is 0.238. The van der Waals surface area contributed by atoms with E-state index in [9.17, 15) is 9.59 Å². The van der Waals surface area contributed by atoms with Crippen molar-refractivity contribution in [2.75, 3.05) is 7.05 Å². The zero-order valence-corrected chi connectivity index (χ0v) is 8.00. The van der Waals surface area contributed by atoms with Crippen molar-refractivity contribution in [3.8, 4) is 0 Å². The summed E-state index contributed by atoms with van der Waals surface area (Å²) in [6.07, 6.45) is 1.56. The molecule has 0 bridgehead atoms. The molecule has 0 atom stereocenters. The zero-order chi connectivity index (χ0) is 10.0. The normalized spacial score (nSPS) is 10.4. The van der Waals surface area contributed by atoms with Crippen LogP contribution in [0.3, 0.4) is 0 Å². The van der Waals surface area contributed by atoms with Crippen molar-refractivity contribution < 1.29 is 0 Å². The topological polar surface area (TPSA) is 56.0 Å². The van der Waals surface area contributed by atoms with Gasteiger partial charge in [-0.15, -0.1) is 0 Å². The van der Waals surface area contributed by atoms with Crippen molar-refractivity contribution in [2.24, 2.45) is 14.1 Å². The SMILES string of the molecule is CNCc1cn(C)c(=O)n(C)c1=O. The van der Waals surface area contributed by atoms with Crippen LogP contribution in [0.4, 0.5) is 0 Å². The summed E-state index contributed by atoms with van der Waals surface area (Å²) in [6, 6.07) is 0. The summed E-state index contributed by atoms with van der Waals surface area (Å²) in [5, 5.41) is 2.87. The average Bonchev–Trinajstić information content (AvgIpc) is 2.11. The number of rotatable bonds is 2. The van der Waals surface area contributed by atoms with Gasteiger partial charge in [-0.25, -0.2) is 4.79 Å². The van der Waals surface area contributed by atoms with E-state index in [2.05, 4.69) is 5.32 Å². The highest BCUT2D eigenvalue weighted by molar-refractivity contribution is 5.04. The van der Waals surface area contributed by atoms with Crippen LogP contribution in [0, 0.1) is 0 Å². The van der Waals surface area contributed by atoms with E-state index < -0.39 is 0 Å². The first kappa shape index (κ1) is 9.73. The molecule has 0 aliphatic rings. The molecule has 0 aliphatic carbocycles. The highest BCUT2D eigenvalue weighted by atomic mass is 16.2. The molecule has 1 aromatic rings. The minimum Gasteiger partial charge on any atom is -0.315 e. The Labute approximate surface area is 75.6 Å². The fraction of sp³-hybridized carbons (Fsp3) is 0.500. The lowest BCUT2D eigenvalue weighted by Gasteiger charge is -2.05. The Morgan fingerprint density at radius 2 is 2.00 bits per heavy atom. The van der Waals surface area contributed by atoms with Crippen molar-refractivity contribution >= 4 is 0 Å². The molecule has 0 fully saturated rings. The van der Waals surface area contributed by atoms with Crippen LogP contribution in [-0.2, 0) is 20.6 Å². The minimum atomic E-state index is -0.301.